The van der Waals surface area contributed by atoms with Crippen LogP contribution in [-0.4, -0.2) is 8.42 Å². The molecule has 0 atom stereocenters. The Kier molecular flexibility index (Phi) is 9.04. The molecule has 0 spiro atoms. The molecule has 0 fully saturated rings. The zero-order chi connectivity index (χ0) is 3.58. The second-order valence-electron chi connectivity index (χ2n) is 0.213. The van der Waals surface area contributed by atoms with E-state index in [4.69, 9.17) is 8.42 Å². The van der Waals surface area contributed by atoms with Gasteiger partial charge in [0.1, 0.15) is 0 Å². The Balaban J connectivity index is 0. The zero-order valence-corrected chi connectivity index (χ0v) is 6.97. The average Bonchev–Trinajstić information content (AvgIpc) is 0.811. The monoisotopic (exact) mass is 164 g/mol. The van der Waals surface area contributed by atoms with Gasteiger partial charge in [0.25, 0.3) is 0 Å². The van der Waals surface area contributed by atoms with E-state index in [2.05, 4.69) is 10.7 Å². The maximum absolute atomic E-state index is 8.80. The van der Waals surface area contributed by atoms with Crippen LogP contribution in [0.3, 0.4) is 0 Å². The van der Waals surface area contributed by atoms with Crippen molar-refractivity contribution in [2.45, 2.75) is 0 Å². The van der Waals surface area contributed by atoms with E-state index in [1.165, 1.54) is 0 Å². The summed E-state index contributed by atoms with van der Waals surface area (Å²) >= 11 is 0. The van der Waals surface area contributed by atoms with Crippen LogP contribution in [0, 0.1) is 0 Å². The molecule has 0 N–H and O–H groups in total. The average molecular weight is 166 g/mol. The summed E-state index contributed by atoms with van der Waals surface area (Å²) in [5.74, 6) is 0. The number of rotatable bonds is 0. The Morgan fingerprint density at radius 2 is 1.40 bits per heavy atom. The van der Waals surface area contributed by atoms with Crippen LogP contribution < -0.4 is 0 Å². The molecule has 0 amide bonds. The van der Waals surface area contributed by atoms with Crippen LogP contribution in [0.15, 0.2) is 0 Å². The van der Waals surface area contributed by atoms with Crippen molar-refractivity contribution < 1.29 is 27.9 Å². The largest absolute Gasteiger partial charge is 0.222 e. The third kappa shape index (κ3) is 53.5. The third-order valence-corrected chi connectivity index (χ3v) is 0. The Bertz CT molecular complexity index is 58.0. The van der Waals surface area contributed by atoms with Crippen molar-refractivity contribution in [3.8, 4) is 0 Å². The van der Waals surface area contributed by atoms with Gasteiger partial charge < -0.3 is 0 Å². The van der Waals surface area contributed by atoms with Crippen LogP contribution in [0.4, 0.5) is 0 Å². The van der Waals surface area contributed by atoms with Crippen molar-refractivity contribution in [1.82, 2.24) is 0 Å². The standard InChI is InChI=1S/ClHO2S.Zn/c1-4(2)3;/h4H;. The van der Waals surface area contributed by atoms with E-state index in [0.717, 1.165) is 0 Å². The van der Waals surface area contributed by atoms with E-state index in [1.54, 1.807) is 0 Å². The van der Waals surface area contributed by atoms with Gasteiger partial charge in [-0.1, -0.05) is 0 Å². The normalized spacial score (nSPS) is 6.80. The van der Waals surface area contributed by atoms with E-state index in [0.29, 0.717) is 0 Å². The van der Waals surface area contributed by atoms with Crippen molar-refractivity contribution in [2.24, 2.45) is 0 Å². The van der Waals surface area contributed by atoms with Gasteiger partial charge in [0.15, 0.2) is 0 Å². The summed E-state index contributed by atoms with van der Waals surface area (Å²) in [7, 11) is 1.58. The van der Waals surface area contributed by atoms with Crippen molar-refractivity contribution in [1.29, 1.82) is 0 Å². The molecule has 5 heteroatoms. The molecule has 2 nitrogen and oxygen atoms in total. The minimum Gasteiger partial charge on any atom is -0.215 e. The minimum atomic E-state index is -2.65. The molecule has 0 saturated heterocycles. The summed E-state index contributed by atoms with van der Waals surface area (Å²) in [6.45, 7) is 0. The predicted molar refractivity (Wildman–Crippen MR) is 16.2 cm³/mol. The smallest absolute Gasteiger partial charge is 0.215 e. The van der Waals surface area contributed by atoms with Crippen LogP contribution >= 0.6 is 10.7 Å². The second kappa shape index (κ2) is 4.86. The molecule has 0 unspecified atom stereocenters. The van der Waals surface area contributed by atoms with E-state index in [1.807, 2.05) is 0 Å². The molecule has 0 radical (unpaired) electrons. The van der Waals surface area contributed by atoms with Gasteiger partial charge >= 0.3 is 0 Å². The summed E-state index contributed by atoms with van der Waals surface area (Å²) in [6.07, 6.45) is 0. The zero-order valence-electron chi connectivity index (χ0n) is 2.35. The van der Waals surface area contributed by atoms with Crippen LogP contribution in [0.1, 0.15) is 0 Å². The first kappa shape index (κ1) is 9.29. The van der Waals surface area contributed by atoms with Gasteiger partial charge in [-0.2, -0.15) is 0 Å². The van der Waals surface area contributed by atoms with Crippen molar-refractivity contribution in [3.05, 3.63) is 0 Å². The van der Waals surface area contributed by atoms with Gasteiger partial charge in [-0.3, -0.25) is 0 Å². The first-order chi connectivity index (χ1) is 1.73. The summed E-state index contributed by atoms with van der Waals surface area (Å²) < 4.78 is 17.6. The Morgan fingerprint density at radius 3 is 1.40 bits per heavy atom. The molecule has 28 valence electrons. The van der Waals surface area contributed by atoms with E-state index < -0.39 is 9.92 Å². The van der Waals surface area contributed by atoms with Gasteiger partial charge in [-0.15, -0.1) is 0 Å². The molecule has 0 saturated carbocycles. The molecule has 0 aliphatic rings. The molecule has 0 aliphatic heterocycles. The van der Waals surface area contributed by atoms with E-state index >= 15 is 0 Å². The molecule has 0 aliphatic carbocycles. The topological polar surface area (TPSA) is 34.1 Å². The number of thiol groups is 1. The van der Waals surface area contributed by atoms with Crippen LogP contribution in [0.25, 0.3) is 0 Å². The summed E-state index contributed by atoms with van der Waals surface area (Å²) in [5.41, 5.74) is 0. The van der Waals surface area contributed by atoms with Crippen molar-refractivity contribution >= 4 is 20.6 Å². The van der Waals surface area contributed by atoms with Crippen LogP contribution in [0.2, 0.25) is 0 Å². The van der Waals surface area contributed by atoms with Crippen LogP contribution in [-0.2, 0) is 29.4 Å². The molecule has 0 aromatic rings. The van der Waals surface area contributed by atoms with Gasteiger partial charge in [0, 0.05) is 30.2 Å². The molecule has 0 aromatic heterocycles. The molecule has 5 heavy (non-hydrogen) atoms. The first-order valence-corrected chi connectivity index (χ1v) is 2.62. The Morgan fingerprint density at radius 1 is 1.40 bits per heavy atom. The fourth-order valence-electron chi connectivity index (χ4n) is 0. The SMILES string of the molecule is O=[SH](=O)Cl.[Zn]. The summed E-state index contributed by atoms with van der Waals surface area (Å²) in [5, 5.41) is 0. The second-order valence-corrected chi connectivity index (χ2v) is 1.47. The summed E-state index contributed by atoms with van der Waals surface area (Å²) in [6, 6.07) is 0. The Labute approximate surface area is 48.7 Å². The molecular formula is HClO2SZn. The Hall–Kier alpha value is 0.863. The van der Waals surface area contributed by atoms with E-state index in [9.17, 15) is 0 Å². The van der Waals surface area contributed by atoms with Gasteiger partial charge in [-0.25, -0.2) is 8.42 Å². The van der Waals surface area contributed by atoms with Crippen LogP contribution in [0.5, 0.6) is 0 Å². The third-order valence-electron chi connectivity index (χ3n) is 0. The quantitative estimate of drug-likeness (QED) is 0.305. The molecule has 0 bridgehead atoms. The van der Waals surface area contributed by atoms with Gasteiger partial charge in [0.05, 0.1) is 0 Å². The molecule has 0 heterocycles. The van der Waals surface area contributed by atoms with Gasteiger partial charge in [0.2, 0.25) is 9.92 Å². The van der Waals surface area contributed by atoms with Gasteiger partial charge in [-0.05, 0) is 0 Å². The number of hydrogen-bond acceptors (Lipinski definition) is 2. The molecular weight excluding hydrogens is 165 g/mol. The number of hydrogen-bond donors (Lipinski definition) is 1. The molecule has 0 aromatic carbocycles. The first-order valence-electron chi connectivity index (χ1n) is 0.534. The fourth-order valence-corrected chi connectivity index (χ4v) is 0. The maximum Gasteiger partial charge on any atom is 0.222 e. The maximum atomic E-state index is 8.80. The van der Waals surface area contributed by atoms with Crippen molar-refractivity contribution in [3.63, 3.8) is 0 Å². The number of halogens is 1. The predicted octanol–water partition coefficient (Wildman–Crippen LogP) is -0.251. The summed E-state index contributed by atoms with van der Waals surface area (Å²) in [4.78, 5) is 0. The fraction of sp³-hybridized carbons (Fsp3) is 0. The van der Waals surface area contributed by atoms with E-state index in [-0.39, 0.29) is 19.5 Å². The van der Waals surface area contributed by atoms with Crippen molar-refractivity contribution in [2.75, 3.05) is 0 Å². The molecule has 0 rings (SSSR count). The minimum absolute atomic E-state index is 0.